The molecule has 7 nitrogen and oxygen atoms in total. The van der Waals surface area contributed by atoms with Gasteiger partial charge < -0.3 is 14.8 Å². The lowest BCUT2D eigenvalue weighted by molar-refractivity contribution is -0.117. The van der Waals surface area contributed by atoms with Crippen LogP contribution < -0.4 is 19.5 Å². The molecule has 9 heteroatoms. The Bertz CT molecular complexity index is 888. The van der Waals surface area contributed by atoms with Gasteiger partial charge in [-0.05, 0) is 19.1 Å². The van der Waals surface area contributed by atoms with Gasteiger partial charge in [0.05, 0.1) is 35.9 Å². The van der Waals surface area contributed by atoms with Gasteiger partial charge >= 0.3 is 0 Å². The van der Waals surface area contributed by atoms with Crippen molar-refractivity contribution in [2.24, 2.45) is 0 Å². The molecular formula is C17H19ClN2O5S. The zero-order chi connectivity index (χ0) is 19.3. The molecule has 2 aromatic carbocycles. The molecule has 2 N–H and O–H groups in total. The van der Waals surface area contributed by atoms with Crippen molar-refractivity contribution >= 4 is 33.2 Å². The maximum Gasteiger partial charge on any atom is 0.242 e. The Morgan fingerprint density at radius 3 is 2.27 bits per heavy atom. The van der Waals surface area contributed by atoms with Gasteiger partial charge in [-0.15, -0.1) is 0 Å². The zero-order valence-corrected chi connectivity index (χ0v) is 16.0. The highest BCUT2D eigenvalue weighted by Gasteiger charge is 2.23. The van der Waals surface area contributed by atoms with Gasteiger partial charge in [0, 0.05) is 12.1 Å². The van der Waals surface area contributed by atoms with E-state index in [9.17, 15) is 13.2 Å². The van der Waals surface area contributed by atoms with E-state index in [1.54, 1.807) is 18.2 Å². The lowest BCUT2D eigenvalue weighted by Gasteiger charge is -2.17. The highest BCUT2D eigenvalue weighted by molar-refractivity contribution is 7.89. The molecule has 0 bridgehead atoms. The minimum Gasteiger partial charge on any atom is -0.495 e. The van der Waals surface area contributed by atoms with Crippen LogP contribution in [0.1, 0.15) is 6.92 Å². The number of hydrogen-bond donors (Lipinski definition) is 2. The lowest BCUT2D eigenvalue weighted by atomic mass is 10.2. The molecular weight excluding hydrogens is 380 g/mol. The van der Waals surface area contributed by atoms with E-state index < -0.39 is 22.0 Å². The molecule has 0 saturated carbocycles. The van der Waals surface area contributed by atoms with Crippen molar-refractivity contribution in [2.45, 2.75) is 17.9 Å². The number of hydrogen-bond acceptors (Lipinski definition) is 5. The smallest absolute Gasteiger partial charge is 0.242 e. The first kappa shape index (κ1) is 20.0. The average Bonchev–Trinajstić information content (AvgIpc) is 2.63. The highest BCUT2D eigenvalue weighted by Crippen LogP contribution is 2.35. The molecule has 0 unspecified atom stereocenters. The summed E-state index contributed by atoms with van der Waals surface area (Å²) in [6.07, 6.45) is 0. The summed E-state index contributed by atoms with van der Waals surface area (Å²) in [7, 11) is -0.954. The predicted molar refractivity (Wildman–Crippen MR) is 99.4 cm³/mol. The number of amides is 1. The van der Waals surface area contributed by atoms with E-state index in [0.717, 1.165) is 0 Å². The van der Waals surface area contributed by atoms with E-state index in [1.165, 1.54) is 45.4 Å². The van der Waals surface area contributed by atoms with E-state index in [0.29, 0.717) is 22.2 Å². The van der Waals surface area contributed by atoms with Gasteiger partial charge in [0.1, 0.15) is 11.5 Å². The van der Waals surface area contributed by atoms with E-state index in [2.05, 4.69) is 10.0 Å². The quantitative estimate of drug-likeness (QED) is 0.747. The largest absolute Gasteiger partial charge is 0.495 e. The van der Waals surface area contributed by atoms with Crippen LogP contribution in [0.15, 0.2) is 47.4 Å². The second-order valence-electron chi connectivity index (χ2n) is 5.33. The Hall–Kier alpha value is -2.29. The van der Waals surface area contributed by atoms with Crippen LogP contribution >= 0.6 is 11.6 Å². The average molecular weight is 399 g/mol. The van der Waals surface area contributed by atoms with Gasteiger partial charge in [-0.3, -0.25) is 4.79 Å². The van der Waals surface area contributed by atoms with Crippen molar-refractivity contribution in [1.82, 2.24) is 4.72 Å². The summed E-state index contributed by atoms with van der Waals surface area (Å²) in [5, 5.41) is 2.93. The van der Waals surface area contributed by atoms with Crippen LogP contribution in [-0.2, 0) is 14.8 Å². The predicted octanol–water partition coefficient (Wildman–Crippen LogP) is 2.66. The molecule has 0 heterocycles. The second-order valence-corrected chi connectivity index (χ2v) is 7.45. The molecule has 26 heavy (non-hydrogen) atoms. The molecule has 0 fully saturated rings. The van der Waals surface area contributed by atoms with Crippen LogP contribution in [0.2, 0.25) is 5.02 Å². The van der Waals surface area contributed by atoms with Gasteiger partial charge in [-0.2, -0.15) is 4.72 Å². The van der Waals surface area contributed by atoms with E-state index in [4.69, 9.17) is 21.1 Å². The number of anilines is 1. The monoisotopic (exact) mass is 398 g/mol. The Labute approximate surface area is 157 Å². The summed E-state index contributed by atoms with van der Waals surface area (Å²) in [4.78, 5) is 12.5. The maximum atomic E-state index is 12.4. The van der Waals surface area contributed by atoms with E-state index in [1.807, 2.05) is 0 Å². The molecule has 0 aliphatic carbocycles. The van der Waals surface area contributed by atoms with Crippen LogP contribution in [0.4, 0.5) is 5.69 Å². The van der Waals surface area contributed by atoms with Gasteiger partial charge in [-0.25, -0.2) is 8.42 Å². The number of halogens is 1. The van der Waals surface area contributed by atoms with Crippen LogP contribution in [0, 0.1) is 0 Å². The molecule has 1 amide bonds. The Morgan fingerprint density at radius 2 is 1.69 bits per heavy atom. The van der Waals surface area contributed by atoms with Crippen molar-refractivity contribution in [3.63, 3.8) is 0 Å². The second kappa shape index (κ2) is 8.39. The molecule has 0 saturated heterocycles. The van der Waals surface area contributed by atoms with Crippen LogP contribution in [0.25, 0.3) is 0 Å². The number of rotatable bonds is 7. The first-order chi connectivity index (χ1) is 12.3. The Morgan fingerprint density at radius 1 is 1.08 bits per heavy atom. The van der Waals surface area contributed by atoms with Gasteiger partial charge in [0.2, 0.25) is 15.9 Å². The standard InChI is InChI=1S/C17H19ClN2O5S/c1-11(20-26(22,23)12-7-5-4-6-8-12)17(21)19-14-10-15(24-2)13(18)9-16(14)25-3/h4-11,20H,1-3H3,(H,19,21)/t11-/m1/s1. The molecule has 2 rings (SSSR count). The highest BCUT2D eigenvalue weighted by atomic mass is 35.5. The lowest BCUT2D eigenvalue weighted by Crippen LogP contribution is -2.41. The summed E-state index contributed by atoms with van der Waals surface area (Å²) in [6.45, 7) is 1.44. The summed E-state index contributed by atoms with van der Waals surface area (Å²) in [5.41, 5.74) is 0.310. The summed E-state index contributed by atoms with van der Waals surface area (Å²) < 4.78 is 37.3. The van der Waals surface area contributed by atoms with Crippen LogP contribution in [0.5, 0.6) is 11.5 Å². The number of benzene rings is 2. The summed E-state index contributed by atoms with van der Waals surface area (Å²) in [6, 6.07) is 9.77. The third kappa shape index (κ3) is 4.66. The molecule has 0 aliphatic rings. The van der Waals surface area contributed by atoms with Crippen molar-refractivity contribution in [2.75, 3.05) is 19.5 Å². The Kier molecular flexibility index (Phi) is 6.47. The number of sulfonamides is 1. The number of nitrogens with one attached hydrogen (secondary N) is 2. The van der Waals surface area contributed by atoms with Gasteiger partial charge in [0.25, 0.3) is 0 Å². The summed E-state index contributed by atoms with van der Waals surface area (Å²) in [5.74, 6) is 0.106. The third-order valence-electron chi connectivity index (χ3n) is 3.51. The number of methoxy groups -OCH3 is 2. The fourth-order valence-corrected chi connectivity index (χ4v) is 3.61. The SMILES string of the molecule is COc1cc(NC(=O)[C@@H](C)NS(=O)(=O)c2ccccc2)c(OC)cc1Cl. The third-order valence-corrected chi connectivity index (χ3v) is 5.36. The van der Waals surface area contributed by atoms with Crippen LogP contribution in [-0.4, -0.2) is 34.6 Å². The maximum absolute atomic E-state index is 12.4. The summed E-state index contributed by atoms with van der Waals surface area (Å²) >= 11 is 6.02. The first-order valence-corrected chi connectivity index (χ1v) is 9.44. The molecule has 0 radical (unpaired) electrons. The molecule has 1 atom stereocenters. The molecule has 2 aromatic rings. The van der Waals surface area contributed by atoms with Crippen LogP contribution in [0.3, 0.4) is 0 Å². The number of carbonyl (C=O) groups is 1. The van der Waals surface area contributed by atoms with Crippen molar-refractivity contribution < 1.29 is 22.7 Å². The van der Waals surface area contributed by atoms with Crippen molar-refractivity contribution in [1.29, 1.82) is 0 Å². The van der Waals surface area contributed by atoms with Crippen molar-refractivity contribution in [3.05, 3.63) is 47.5 Å². The van der Waals surface area contributed by atoms with E-state index >= 15 is 0 Å². The normalized spacial score (nSPS) is 12.3. The molecule has 0 aromatic heterocycles. The first-order valence-electron chi connectivity index (χ1n) is 7.58. The molecule has 0 spiro atoms. The minimum atomic E-state index is -3.82. The minimum absolute atomic E-state index is 0.0744. The van der Waals surface area contributed by atoms with Gasteiger partial charge in [-0.1, -0.05) is 29.8 Å². The number of ether oxygens (including phenoxy) is 2. The van der Waals surface area contributed by atoms with E-state index in [-0.39, 0.29) is 4.90 Å². The molecule has 0 aliphatic heterocycles. The zero-order valence-electron chi connectivity index (χ0n) is 14.4. The Balaban J connectivity index is 2.17. The number of carbonyl (C=O) groups excluding carboxylic acids is 1. The fraction of sp³-hybridized carbons (Fsp3) is 0.235. The van der Waals surface area contributed by atoms with Gasteiger partial charge in [0.15, 0.2) is 0 Å². The topological polar surface area (TPSA) is 93.7 Å². The fourth-order valence-electron chi connectivity index (χ4n) is 2.15. The van der Waals surface area contributed by atoms with Crippen molar-refractivity contribution in [3.8, 4) is 11.5 Å². The molecule has 140 valence electrons.